The van der Waals surface area contributed by atoms with Crippen LogP contribution in [0.2, 0.25) is 0 Å². The lowest BCUT2D eigenvalue weighted by atomic mass is 9.78. The van der Waals surface area contributed by atoms with Crippen LogP contribution in [-0.4, -0.2) is 16.2 Å². The van der Waals surface area contributed by atoms with Crippen LogP contribution in [0.4, 0.5) is 0 Å². The summed E-state index contributed by atoms with van der Waals surface area (Å²) in [6.07, 6.45) is 3.67. The smallest absolute Gasteiger partial charge is 0.0809 e. The first kappa shape index (κ1) is 8.38. The first-order chi connectivity index (χ1) is 6.83. The maximum absolute atomic E-state index is 9.24. The van der Waals surface area contributed by atoms with Gasteiger partial charge in [-0.25, -0.2) is 0 Å². The Hall–Kier alpha value is -0.930. The van der Waals surface area contributed by atoms with Gasteiger partial charge < -0.3 is 5.11 Å². The number of hydrogen-bond donors (Lipinski definition) is 1. The molecule has 14 heavy (non-hydrogen) atoms. The van der Waals surface area contributed by atoms with E-state index in [-0.39, 0.29) is 6.10 Å². The van der Waals surface area contributed by atoms with Crippen molar-refractivity contribution in [2.45, 2.75) is 24.9 Å². The summed E-state index contributed by atoms with van der Waals surface area (Å²) in [4.78, 5) is 4.40. The van der Waals surface area contributed by atoms with Crippen molar-refractivity contribution in [2.75, 3.05) is 0 Å². The van der Waals surface area contributed by atoms with Crippen LogP contribution >= 0.6 is 11.3 Å². The van der Waals surface area contributed by atoms with Gasteiger partial charge in [-0.2, -0.15) is 0 Å². The van der Waals surface area contributed by atoms with Crippen molar-refractivity contribution < 1.29 is 5.11 Å². The molecule has 0 bridgehead atoms. The number of rotatable bonds is 1. The molecule has 0 atom stereocenters. The van der Waals surface area contributed by atoms with E-state index < -0.39 is 0 Å². The lowest BCUT2D eigenvalue weighted by molar-refractivity contribution is 0.0746. The van der Waals surface area contributed by atoms with Gasteiger partial charge in [-0.05, 0) is 41.8 Å². The van der Waals surface area contributed by atoms with E-state index in [1.54, 1.807) is 11.3 Å². The SMILES string of the molecule is OC1CC(c2cnc3ccsc3c2)C1. The largest absolute Gasteiger partial charge is 0.393 e. The van der Waals surface area contributed by atoms with E-state index in [2.05, 4.69) is 16.4 Å². The van der Waals surface area contributed by atoms with Crippen LogP contribution in [0.25, 0.3) is 10.2 Å². The molecule has 2 aromatic rings. The Kier molecular flexibility index (Phi) is 1.82. The second-order valence-corrected chi connectivity index (χ2v) is 4.84. The minimum atomic E-state index is -0.0842. The molecule has 0 saturated heterocycles. The highest BCUT2D eigenvalue weighted by atomic mass is 32.1. The number of fused-ring (bicyclic) bond motifs is 1. The van der Waals surface area contributed by atoms with Crippen molar-refractivity contribution >= 4 is 21.6 Å². The molecule has 2 aromatic heterocycles. The summed E-state index contributed by atoms with van der Waals surface area (Å²) < 4.78 is 1.25. The number of aliphatic hydroxyl groups is 1. The summed E-state index contributed by atoms with van der Waals surface area (Å²) in [5.41, 5.74) is 2.36. The van der Waals surface area contributed by atoms with Gasteiger partial charge in [-0.1, -0.05) is 0 Å². The molecule has 0 spiro atoms. The second-order valence-electron chi connectivity index (χ2n) is 3.89. The molecule has 1 aliphatic carbocycles. The summed E-state index contributed by atoms with van der Waals surface area (Å²) in [6.45, 7) is 0. The monoisotopic (exact) mass is 205 g/mol. The van der Waals surface area contributed by atoms with E-state index >= 15 is 0 Å². The molecule has 1 aliphatic rings. The van der Waals surface area contributed by atoms with Crippen molar-refractivity contribution in [1.82, 2.24) is 4.98 Å². The molecule has 1 fully saturated rings. The Morgan fingerprint density at radius 1 is 1.43 bits per heavy atom. The summed E-state index contributed by atoms with van der Waals surface area (Å²) in [7, 11) is 0. The summed E-state index contributed by atoms with van der Waals surface area (Å²) >= 11 is 1.73. The lowest BCUT2D eigenvalue weighted by Crippen LogP contribution is -2.26. The quantitative estimate of drug-likeness (QED) is 0.776. The molecular formula is C11H11NOS. The van der Waals surface area contributed by atoms with Crippen molar-refractivity contribution in [1.29, 1.82) is 0 Å². The van der Waals surface area contributed by atoms with E-state index in [1.807, 2.05) is 12.3 Å². The number of pyridine rings is 1. The van der Waals surface area contributed by atoms with Crippen LogP contribution in [0.3, 0.4) is 0 Å². The minimum Gasteiger partial charge on any atom is -0.393 e. The topological polar surface area (TPSA) is 33.1 Å². The maximum atomic E-state index is 9.24. The minimum absolute atomic E-state index is 0.0842. The number of thiophene rings is 1. The maximum Gasteiger partial charge on any atom is 0.0809 e. The second kappa shape index (κ2) is 3.04. The Morgan fingerprint density at radius 2 is 2.29 bits per heavy atom. The highest BCUT2D eigenvalue weighted by Gasteiger charge is 2.28. The van der Waals surface area contributed by atoms with Gasteiger partial charge in [0.25, 0.3) is 0 Å². The highest BCUT2D eigenvalue weighted by Crippen LogP contribution is 2.37. The average molecular weight is 205 g/mol. The van der Waals surface area contributed by atoms with E-state index in [9.17, 15) is 5.11 Å². The highest BCUT2D eigenvalue weighted by molar-refractivity contribution is 7.17. The van der Waals surface area contributed by atoms with Crippen molar-refractivity contribution in [3.05, 3.63) is 29.3 Å². The van der Waals surface area contributed by atoms with Crippen molar-refractivity contribution in [3.63, 3.8) is 0 Å². The number of aromatic nitrogens is 1. The predicted molar refractivity (Wildman–Crippen MR) is 57.6 cm³/mol. The van der Waals surface area contributed by atoms with Gasteiger partial charge >= 0.3 is 0 Å². The van der Waals surface area contributed by atoms with Crippen molar-refractivity contribution in [3.8, 4) is 0 Å². The van der Waals surface area contributed by atoms with Gasteiger partial charge in [0.2, 0.25) is 0 Å². The molecule has 0 aromatic carbocycles. The van der Waals surface area contributed by atoms with Gasteiger partial charge in [-0.3, -0.25) is 4.98 Å². The number of hydrogen-bond acceptors (Lipinski definition) is 3. The Bertz CT molecular complexity index is 459. The van der Waals surface area contributed by atoms with Gasteiger partial charge in [0.1, 0.15) is 0 Å². The van der Waals surface area contributed by atoms with Crippen LogP contribution in [0.5, 0.6) is 0 Å². The zero-order valence-electron chi connectivity index (χ0n) is 7.68. The number of nitrogens with zero attached hydrogens (tertiary/aromatic N) is 1. The van der Waals surface area contributed by atoms with E-state index in [0.29, 0.717) is 5.92 Å². The Balaban J connectivity index is 1.97. The van der Waals surface area contributed by atoms with Gasteiger partial charge in [0.05, 0.1) is 16.3 Å². The first-order valence-electron chi connectivity index (χ1n) is 4.84. The van der Waals surface area contributed by atoms with Crippen LogP contribution in [0.15, 0.2) is 23.7 Å². The third kappa shape index (κ3) is 1.24. The molecule has 0 aliphatic heterocycles. The lowest BCUT2D eigenvalue weighted by Gasteiger charge is -2.31. The zero-order valence-corrected chi connectivity index (χ0v) is 8.50. The summed E-state index contributed by atoms with van der Waals surface area (Å²) in [5, 5.41) is 11.3. The number of aliphatic hydroxyl groups excluding tert-OH is 1. The Morgan fingerprint density at radius 3 is 3.07 bits per heavy atom. The van der Waals surface area contributed by atoms with Crippen molar-refractivity contribution in [2.24, 2.45) is 0 Å². The molecule has 3 heteroatoms. The predicted octanol–water partition coefficient (Wildman–Crippen LogP) is 2.53. The molecule has 0 unspecified atom stereocenters. The van der Waals surface area contributed by atoms with Crippen LogP contribution < -0.4 is 0 Å². The Labute approximate surface area is 86.2 Å². The van der Waals surface area contributed by atoms with Gasteiger partial charge in [0, 0.05) is 6.20 Å². The fraction of sp³-hybridized carbons (Fsp3) is 0.364. The molecule has 2 heterocycles. The van der Waals surface area contributed by atoms with E-state index in [0.717, 1.165) is 18.4 Å². The third-order valence-electron chi connectivity index (χ3n) is 2.91. The average Bonchev–Trinajstić information content (AvgIpc) is 2.59. The summed E-state index contributed by atoms with van der Waals surface area (Å²) in [6, 6.07) is 4.25. The normalized spacial score (nSPS) is 26.4. The van der Waals surface area contributed by atoms with E-state index in [1.165, 1.54) is 10.3 Å². The fourth-order valence-electron chi connectivity index (χ4n) is 1.94. The molecule has 1 saturated carbocycles. The van der Waals surface area contributed by atoms with Gasteiger partial charge in [-0.15, -0.1) is 11.3 Å². The summed E-state index contributed by atoms with van der Waals surface area (Å²) in [5.74, 6) is 0.531. The van der Waals surface area contributed by atoms with Crippen LogP contribution in [-0.2, 0) is 0 Å². The van der Waals surface area contributed by atoms with Gasteiger partial charge in [0.15, 0.2) is 0 Å². The molecular weight excluding hydrogens is 194 g/mol. The standard InChI is InChI=1S/C11H11NOS/c13-9-3-7(4-9)8-5-11-10(12-6-8)1-2-14-11/h1-2,5-7,9,13H,3-4H2. The van der Waals surface area contributed by atoms with Crippen LogP contribution in [0.1, 0.15) is 24.3 Å². The molecule has 3 rings (SSSR count). The molecule has 2 nitrogen and oxygen atoms in total. The molecule has 0 amide bonds. The third-order valence-corrected chi connectivity index (χ3v) is 3.76. The van der Waals surface area contributed by atoms with E-state index in [4.69, 9.17) is 0 Å². The first-order valence-corrected chi connectivity index (χ1v) is 5.72. The van der Waals surface area contributed by atoms with Crippen LogP contribution in [0, 0.1) is 0 Å². The molecule has 72 valence electrons. The molecule has 0 radical (unpaired) electrons. The molecule has 1 N–H and O–H groups in total. The fourth-order valence-corrected chi connectivity index (χ4v) is 2.73. The zero-order chi connectivity index (χ0) is 9.54.